The summed E-state index contributed by atoms with van der Waals surface area (Å²) in [7, 11) is -4.03. The number of amides is 1. The number of carbonyl (C=O) groups is 1. The van der Waals surface area contributed by atoms with Crippen LogP contribution in [0.1, 0.15) is 50.3 Å². The summed E-state index contributed by atoms with van der Waals surface area (Å²) < 4.78 is 34.8. The third-order valence-electron chi connectivity index (χ3n) is 6.80. The summed E-state index contributed by atoms with van der Waals surface area (Å²) in [6, 6.07) is 20.4. The zero-order chi connectivity index (χ0) is 25.9. The van der Waals surface area contributed by atoms with Crippen molar-refractivity contribution in [2.75, 3.05) is 10.8 Å². The number of rotatable bonds is 8. The lowest BCUT2D eigenvalue weighted by molar-refractivity contribution is -0.121. The Morgan fingerprint density at radius 3 is 2.42 bits per heavy atom. The van der Waals surface area contributed by atoms with E-state index in [0.717, 1.165) is 34.0 Å². The average Bonchev–Trinajstić information content (AvgIpc) is 2.87. The van der Waals surface area contributed by atoms with Crippen LogP contribution in [-0.2, 0) is 14.8 Å². The molecule has 0 saturated heterocycles. The first-order chi connectivity index (χ1) is 17.2. The van der Waals surface area contributed by atoms with E-state index in [2.05, 4.69) is 19.2 Å². The van der Waals surface area contributed by atoms with Crippen LogP contribution in [0.3, 0.4) is 0 Å². The molecule has 1 atom stereocenters. The number of hydrogen-bond acceptors (Lipinski definition) is 4. The van der Waals surface area contributed by atoms with E-state index in [1.807, 2.05) is 37.3 Å². The molecule has 190 valence electrons. The molecule has 0 radical (unpaired) electrons. The molecule has 3 aromatic rings. The van der Waals surface area contributed by atoms with Crippen LogP contribution in [0.2, 0.25) is 5.02 Å². The largest absolute Gasteiger partial charge is 0.487 e. The van der Waals surface area contributed by atoms with Crippen molar-refractivity contribution in [3.8, 4) is 5.75 Å². The van der Waals surface area contributed by atoms with Gasteiger partial charge in [-0.2, -0.15) is 0 Å². The fraction of sp³-hybridized carbons (Fsp3) is 0.321. The number of sulfonamides is 1. The van der Waals surface area contributed by atoms with Gasteiger partial charge in [0.2, 0.25) is 5.91 Å². The summed E-state index contributed by atoms with van der Waals surface area (Å²) in [5, 5.41) is 3.53. The van der Waals surface area contributed by atoms with Crippen LogP contribution >= 0.6 is 11.6 Å². The highest BCUT2D eigenvalue weighted by Crippen LogP contribution is 2.42. The number of hydrogen-bond donors (Lipinski definition) is 1. The fourth-order valence-electron chi connectivity index (χ4n) is 4.63. The Hall–Kier alpha value is -3.03. The minimum atomic E-state index is -4.03. The van der Waals surface area contributed by atoms with Gasteiger partial charge in [0.05, 0.1) is 16.6 Å². The maximum absolute atomic E-state index is 13.7. The van der Waals surface area contributed by atoms with Gasteiger partial charge < -0.3 is 10.1 Å². The van der Waals surface area contributed by atoms with Gasteiger partial charge in [0.25, 0.3) is 10.0 Å². The highest BCUT2D eigenvalue weighted by Gasteiger charge is 2.39. The molecule has 1 N–H and O–H groups in total. The predicted octanol–water partition coefficient (Wildman–Crippen LogP) is 6.04. The molecule has 0 bridgehead atoms. The van der Waals surface area contributed by atoms with Crippen molar-refractivity contribution in [2.45, 2.75) is 56.6 Å². The van der Waals surface area contributed by atoms with Crippen LogP contribution in [0.5, 0.6) is 5.75 Å². The summed E-state index contributed by atoms with van der Waals surface area (Å²) in [5.41, 5.74) is 1.81. The molecule has 0 saturated carbocycles. The van der Waals surface area contributed by atoms with Crippen LogP contribution in [0.4, 0.5) is 5.69 Å². The first-order valence-corrected chi connectivity index (χ1v) is 13.9. The predicted molar refractivity (Wildman–Crippen MR) is 143 cm³/mol. The Kier molecular flexibility index (Phi) is 7.62. The zero-order valence-electron chi connectivity index (χ0n) is 20.7. The van der Waals surface area contributed by atoms with E-state index in [1.165, 1.54) is 24.3 Å². The van der Waals surface area contributed by atoms with Gasteiger partial charge in [-0.3, -0.25) is 9.10 Å². The monoisotopic (exact) mass is 526 g/mol. The average molecular weight is 527 g/mol. The van der Waals surface area contributed by atoms with E-state index in [1.54, 1.807) is 18.2 Å². The number of halogens is 1. The lowest BCUT2D eigenvalue weighted by Gasteiger charge is -2.41. The molecule has 8 heteroatoms. The third kappa shape index (κ3) is 5.37. The molecule has 1 aliphatic heterocycles. The SMILES string of the molecule is CCC1(CC)C[C@H](NC(=O)CN(c2cccc(C)c2)S(=O)(=O)c2ccc(Cl)cc2)c2ccccc2O1. The van der Waals surface area contributed by atoms with Crippen LogP contribution in [0, 0.1) is 6.92 Å². The maximum atomic E-state index is 13.7. The van der Waals surface area contributed by atoms with Crippen molar-refractivity contribution in [3.05, 3.63) is 88.9 Å². The standard InChI is InChI=1S/C28H31ClN2O4S/c1-4-28(5-2)18-25(24-11-6-7-12-26(24)35-28)30-27(32)19-31(22-10-8-9-20(3)17-22)36(33,34)23-15-13-21(29)14-16-23/h6-17,25H,4-5,18-19H2,1-3H3,(H,30,32)/t25-/m0/s1. The molecule has 0 aliphatic carbocycles. The normalized spacial score (nSPS) is 16.5. The molecule has 0 unspecified atom stereocenters. The number of fused-ring (bicyclic) bond motifs is 1. The van der Waals surface area contributed by atoms with Gasteiger partial charge in [-0.1, -0.05) is 55.8 Å². The quantitative estimate of drug-likeness (QED) is 0.388. The Morgan fingerprint density at radius 1 is 1.06 bits per heavy atom. The van der Waals surface area contributed by atoms with Crippen molar-refractivity contribution in [1.29, 1.82) is 0 Å². The van der Waals surface area contributed by atoms with Gasteiger partial charge >= 0.3 is 0 Å². The van der Waals surface area contributed by atoms with Crippen molar-refractivity contribution in [3.63, 3.8) is 0 Å². The number of benzene rings is 3. The highest BCUT2D eigenvalue weighted by molar-refractivity contribution is 7.92. The second kappa shape index (κ2) is 10.5. The summed E-state index contributed by atoms with van der Waals surface area (Å²) in [4.78, 5) is 13.5. The number of aryl methyl sites for hydroxylation is 1. The lowest BCUT2D eigenvalue weighted by atomic mass is 9.83. The van der Waals surface area contributed by atoms with Gasteiger partial charge in [-0.05, 0) is 67.8 Å². The molecular weight excluding hydrogens is 496 g/mol. The Balaban J connectivity index is 1.65. The molecule has 6 nitrogen and oxygen atoms in total. The van der Waals surface area contributed by atoms with E-state index in [9.17, 15) is 13.2 Å². The zero-order valence-corrected chi connectivity index (χ0v) is 22.3. The highest BCUT2D eigenvalue weighted by atomic mass is 35.5. The second-order valence-corrected chi connectivity index (χ2v) is 11.5. The van der Waals surface area contributed by atoms with Crippen LogP contribution in [0.15, 0.2) is 77.7 Å². The van der Waals surface area contributed by atoms with E-state index < -0.39 is 21.5 Å². The smallest absolute Gasteiger partial charge is 0.264 e. The van der Waals surface area contributed by atoms with Crippen LogP contribution in [-0.4, -0.2) is 26.5 Å². The van der Waals surface area contributed by atoms with Crippen molar-refractivity contribution < 1.29 is 17.9 Å². The summed E-state index contributed by atoms with van der Waals surface area (Å²) in [6.07, 6.45) is 2.20. The molecule has 36 heavy (non-hydrogen) atoms. The molecule has 3 aromatic carbocycles. The maximum Gasteiger partial charge on any atom is 0.264 e. The molecule has 0 fully saturated rings. The number of ether oxygens (including phenoxy) is 1. The minimum absolute atomic E-state index is 0.0635. The first-order valence-electron chi connectivity index (χ1n) is 12.1. The lowest BCUT2D eigenvalue weighted by Crippen LogP contribution is -2.47. The van der Waals surface area contributed by atoms with E-state index in [-0.39, 0.29) is 17.5 Å². The molecule has 0 spiro atoms. The van der Waals surface area contributed by atoms with E-state index in [4.69, 9.17) is 16.3 Å². The molecule has 1 amide bonds. The van der Waals surface area contributed by atoms with Crippen molar-refractivity contribution in [2.24, 2.45) is 0 Å². The van der Waals surface area contributed by atoms with Gasteiger partial charge in [0.1, 0.15) is 17.9 Å². The third-order valence-corrected chi connectivity index (χ3v) is 8.84. The van der Waals surface area contributed by atoms with Crippen molar-refractivity contribution >= 4 is 33.2 Å². The van der Waals surface area contributed by atoms with Gasteiger partial charge in [0, 0.05) is 17.0 Å². The van der Waals surface area contributed by atoms with Crippen molar-refractivity contribution in [1.82, 2.24) is 5.32 Å². The molecule has 1 heterocycles. The fourth-order valence-corrected chi connectivity index (χ4v) is 6.17. The van der Waals surface area contributed by atoms with E-state index >= 15 is 0 Å². The molecule has 1 aliphatic rings. The summed E-state index contributed by atoms with van der Waals surface area (Å²) in [6.45, 7) is 5.67. The Bertz CT molecular complexity index is 1340. The molecule has 0 aromatic heterocycles. The summed E-state index contributed by atoms with van der Waals surface area (Å²) >= 11 is 5.98. The second-order valence-electron chi connectivity index (χ2n) is 9.16. The number of nitrogens with zero attached hydrogens (tertiary/aromatic N) is 1. The van der Waals surface area contributed by atoms with E-state index in [0.29, 0.717) is 17.1 Å². The Labute approximate surface area is 218 Å². The van der Waals surface area contributed by atoms with Gasteiger partial charge in [-0.15, -0.1) is 0 Å². The van der Waals surface area contributed by atoms with Gasteiger partial charge in [0.15, 0.2) is 0 Å². The molecule has 4 rings (SSSR count). The number of anilines is 1. The Morgan fingerprint density at radius 2 is 1.75 bits per heavy atom. The summed E-state index contributed by atoms with van der Waals surface area (Å²) in [5.74, 6) is 0.360. The minimum Gasteiger partial charge on any atom is -0.487 e. The van der Waals surface area contributed by atoms with Gasteiger partial charge in [-0.25, -0.2) is 8.42 Å². The number of para-hydroxylation sites is 1. The van der Waals surface area contributed by atoms with Crippen LogP contribution < -0.4 is 14.4 Å². The number of nitrogens with one attached hydrogen (secondary N) is 1. The number of carbonyl (C=O) groups excluding carboxylic acids is 1. The first kappa shape index (κ1) is 26.0. The molecular formula is C28H31ClN2O4S. The topological polar surface area (TPSA) is 75.7 Å². The van der Waals surface area contributed by atoms with Crippen LogP contribution in [0.25, 0.3) is 0 Å².